The Balaban J connectivity index is 1.58. The first kappa shape index (κ1) is 24.0. The Bertz CT molecular complexity index is 1230. The van der Waals surface area contributed by atoms with Crippen molar-refractivity contribution in [2.24, 2.45) is 0 Å². The van der Waals surface area contributed by atoms with Gasteiger partial charge in [-0.2, -0.15) is 0 Å². The van der Waals surface area contributed by atoms with Crippen molar-refractivity contribution in [3.8, 4) is 5.75 Å². The largest absolute Gasteiger partial charge is 0.495 e. The van der Waals surface area contributed by atoms with E-state index in [1.165, 1.54) is 7.11 Å². The van der Waals surface area contributed by atoms with E-state index in [4.69, 9.17) is 26.1 Å². The molecule has 0 spiro atoms. The molecule has 1 N–H and O–H groups in total. The number of nitrogens with one attached hydrogen (secondary N) is 1. The number of amides is 1. The molecule has 1 aromatic heterocycles. The lowest BCUT2D eigenvalue weighted by atomic mass is 9.95. The molecule has 1 unspecified atom stereocenters. The smallest absolute Gasteiger partial charge is 0.339 e. The van der Waals surface area contributed by atoms with Gasteiger partial charge >= 0.3 is 5.97 Å². The molecule has 2 heterocycles. The summed E-state index contributed by atoms with van der Waals surface area (Å²) in [5.41, 5.74) is 3.54. The third-order valence-corrected chi connectivity index (χ3v) is 6.24. The number of methoxy groups -OCH3 is 1. The number of para-hydroxylation sites is 1. The number of hydrogen-bond acceptors (Lipinski definition) is 6. The third-order valence-electron chi connectivity index (χ3n) is 5.94. The van der Waals surface area contributed by atoms with Gasteiger partial charge in [0.1, 0.15) is 5.75 Å². The summed E-state index contributed by atoms with van der Waals surface area (Å²) in [5.74, 6) is -0.469. The number of benzene rings is 2. The van der Waals surface area contributed by atoms with Crippen molar-refractivity contribution < 1.29 is 19.1 Å². The number of fused-ring (bicyclic) bond motifs is 2. The Morgan fingerprint density at radius 2 is 2.03 bits per heavy atom. The van der Waals surface area contributed by atoms with E-state index in [1.54, 1.807) is 25.1 Å². The molecule has 7 nitrogen and oxygen atoms in total. The molecule has 3 aromatic rings. The van der Waals surface area contributed by atoms with Gasteiger partial charge in [-0.1, -0.05) is 36.7 Å². The first-order chi connectivity index (χ1) is 16.4. The van der Waals surface area contributed by atoms with Gasteiger partial charge in [0.05, 0.1) is 23.2 Å². The Labute approximate surface area is 204 Å². The molecule has 0 saturated heterocycles. The number of anilines is 1. The van der Waals surface area contributed by atoms with Gasteiger partial charge in [0, 0.05) is 41.8 Å². The third kappa shape index (κ3) is 5.00. The Hall–Kier alpha value is -3.16. The average molecular weight is 482 g/mol. The number of aromatic nitrogens is 1. The minimum absolute atomic E-state index is 0.372. The normalized spacial score (nSPS) is 14.4. The summed E-state index contributed by atoms with van der Waals surface area (Å²) in [7, 11) is 1.52. The molecule has 0 radical (unpaired) electrons. The number of pyridine rings is 1. The van der Waals surface area contributed by atoms with Crippen molar-refractivity contribution in [3.05, 3.63) is 64.3 Å². The maximum atomic E-state index is 13.4. The van der Waals surface area contributed by atoms with Crippen molar-refractivity contribution in [1.29, 1.82) is 0 Å². The van der Waals surface area contributed by atoms with Crippen LogP contribution in [-0.4, -0.2) is 48.1 Å². The van der Waals surface area contributed by atoms with Gasteiger partial charge in [-0.15, -0.1) is 0 Å². The number of rotatable bonds is 7. The van der Waals surface area contributed by atoms with Crippen molar-refractivity contribution in [2.75, 3.05) is 25.5 Å². The highest BCUT2D eigenvalue weighted by Gasteiger charge is 2.28. The van der Waals surface area contributed by atoms with Crippen LogP contribution in [0.5, 0.6) is 5.75 Å². The van der Waals surface area contributed by atoms with Crippen LogP contribution in [0.25, 0.3) is 10.9 Å². The van der Waals surface area contributed by atoms with Crippen LogP contribution >= 0.6 is 11.6 Å². The molecule has 0 saturated carbocycles. The van der Waals surface area contributed by atoms with E-state index in [2.05, 4.69) is 17.1 Å². The van der Waals surface area contributed by atoms with Crippen LogP contribution in [0, 0.1) is 0 Å². The van der Waals surface area contributed by atoms with E-state index in [1.807, 2.05) is 24.3 Å². The average Bonchev–Trinajstić information content (AvgIpc) is 2.82. The molecule has 8 heteroatoms. The van der Waals surface area contributed by atoms with Gasteiger partial charge in [0.25, 0.3) is 5.91 Å². The van der Waals surface area contributed by atoms with Crippen molar-refractivity contribution in [3.63, 3.8) is 0 Å². The van der Waals surface area contributed by atoms with Crippen LogP contribution in [-0.2, 0) is 22.5 Å². The molecule has 0 aliphatic carbocycles. The van der Waals surface area contributed by atoms with Gasteiger partial charge in [-0.05, 0) is 44.2 Å². The maximum Gasteiger partial charge on any atom is 0.339 e. The van der Waals surface area contributed by atoms with E-state index < -0.39 is 18.0 Å². The quantitative estimate of drug-likeness (QED) is 0.486. The summed E-state index contributed by atoms with van der Waals surface area (Å²) >= 11 is 6.14. The molecular weight excluding hydrogens is 454 g/mol. The fourth-order valence-corrected chi connectivity index (χ4v) is 4.51. The van der Waals surface area contributed by atoms with Crippen molar-refractivity contribution >= 4 is 40.1 Å². The predicted octanol–water partition coefficient (Wildman–Crippen LogP) is 4.85. The zero-order valence-electron chi connectivity index (χ0n) is 19.6. The van der Waals surface area contributed by atoms with Crippen LogP contribution in [0.15, 0.2) is 42.5 Å². The number of esters is 1. The number of carbonyl (C=O) groups excluding carboxylic acids is 2. The SMILES string of the molecule is CCCN1CCc2nc3ccccc3c(C(=O)OC(C)C(=O)Nc3ccc(OC)c(Cl)c3)c2C1. The molecule has 4 rings (SSSR count). The van der Waals surface area contributed by atoms with Crippen LogP contribution in [0.2, 0.25) is 5.02 Å². The van der Waals surface area contributed by atoms with E-state index in [9.17, 15) is 9.59 Å². The zero-order chi connectivity index (χ0) is 24.2. The fraction of sp³-hybridized carbons (Fsp3) is 0.346. The summed E-state index contributed by atoms with van der Waals surface area (Å²) in [6.45, 7) is 6.18. The minimum Gasteiger partial charge on any atom is -0.495 e. The van der Waals surface area contributed by atoms with E-state index in [0.29, 0.717) is 28.6 Å². The van der Waals surface area contributed by atoms with Crippen molar-refractivity contribution in [1.82, 2.24) is 9.88 Å². The molecular formula is C26H28ClN3O4. The van der Waals surface area contributed by atoms with Gasteiger partial charge in [0.15, 0.2) is 6.10 Å². The highest BCUT2D eigenvalue weighted by atomic mass is 35.5. The molecule has 34 heavy (non-hydrogen) atoms. The van der Waals surface area contributed by atoms with Crippen LogP contribution in [0.4, 0.5) is 5.69 Å². The molecule has 0 fully saturated rings. The topological polar surface area (TPSA) is 80.8 Å². The first-order valence-corrected chi connectivity index (χ1v) is 11.8. The lowest BCUT2D eigenvalue weighted by molar-refractivity contribution is -0.123. The summed E-state index contributed by atoms with van der Waals surface area (Å²) in [5, 5.41) is 3.84. The van der Waals surface area contributed by atoms with Crippen molar-refractivity contribution in [2.45, 2.75) is 39.3 Å². The molecule has 1 aliphatic rings. The van der Waals surface area contributed by atoms with Gasteiger partial charge in [0.2, 0.25) is 0 Å². The van der Waals surface area contributed by atoms with Crippen LogP contribution in [0.1, 0.15) is 41.9 Å². The Kier molecular flexibility index (Phi) is 7.34. The Morgan fingerprint density at radius 1 is 1.24 bits per heavy atom. The lowest BCUT2D eigenvalue weighted by Crippen LogP contribution is -2.34. The van der Waals surface area contributed by atoms with E-state index >= 15 is 0 Å². The Morgan fingerprint density at radius 3 is 2.76 bits per heavy atom. The second kappa shape index (κ2) is 10.4. The van der Waals surface area contributed by atoms with Gasteiger partial charge in [-0.25, -0.2) is 4.79 Å². The minimum atomic E-state index is -1.01. The highest BCUT2D eigenvalue weighted by Crippen LogP contribution is 2.30. The van der Waals surface area contributed by atoms with Gasteiger partial charge in [-0.3, -0.25) is 14.7 Å². The number of carbonyl (C=O) groups is 2. The number of halogens is 1. The molecule has 1 atom stereocenters. The molecule has 2 aromatic carbocycles. The summed E-state index contributed by atoms with van der Waals surface area (Å²) in [4.78, 5) is 33.3. The molecule has 1 amide bonds. The summed E-state index contributed by atoms with van der Waals surface area (Å²) in [6.07, 6.45) is 0.795. The van der Waals surface area contributed by atoms with E-state index in [0.717, 1.165) is 48.1 Å². The number of hydrogen-bond donors (Lipinski definition) is 1. The highest BCUT2D eigenvalue weighted by molar-refractivity contribution is 6.32. The first-order valence-electron chi connectivity index (χ1n) is 11.4. The predicted molar refractivity (Wildman–Crippen MR) is 133 cm³/mol. The van der Waals surface area contributed by atoms with Crippen LogP contribution < -0.4 is 10.1 Å². The second-order valence-electron chi connectivity index (χ2n) is 8.34. The summed E-state index contributed by atoms with van der Waals surface area (Å²) in [6, 6.07) is 12.5. The lowest BCUT2D eigenvalue weighted by Gasteiger charge is -2.29. The zero-order valence-corrected chi connectivity index (χ0v) is 20.3. The summed E-state index contributed by atoms with van der Waals surface area (Å²) < 4.78 is 10.8. The molecule has 0 bridgehead atoms. The maximum absolute atomic E-state index is 13.4. The van der Waals surface area contributed by atoms with Crippen LogP contribution in [0.3, 0.4) is 0 Å². The molecule has 178 valence electrons. The number of ether oxygens (including phenoxy) is 2. The fourth-order valence-electron chi connectivity index (χ4n) is 4.25. The second-order valence-corrected chi connectivity index (χ2v) is 8.75. The van der Waals surface area contributed by atoms with Gasteiger partial charge < -0.3 is 14.8 Å². The monoisotopic (exact) mass is 481 g/mol. The molecule has 1 aliphatic heterocycles. The number of nitrogens with zero attached hydrogens (tertiary/aromatic N) is 2. The van der Waals surface area contributed by atoms with E-state index in [-0.39, 0.29) is 0 Å². The standard InChI is InChI=1S/C26H28ClN3O4/c1-4-12-30-13-11-22-19(15-30)24(18-7-5-6-8-21(18)29-22)26(32)34-16(2)25(31)28-17-9-10-23(33-3)20(27)14-17/h5-10,14,16H,4,11-13,15H2,1-3H3,(H,28,31).